The van der Waals surface area contributed by atoms with Gasteiger partial charge in [0.1, 0.15) is 0 Å². The number of rotatable bonds is 2. The van der Waals surface area contributed by atoms with Gasteiger partial charge in [-0.1, -0.05) is 12.7 Å². The molecule has 0 aromatic rings. The number of hydrogen-bond donors (Lipinski definition) is 2. The molecule has 1 amide bonds. The van der Waals surface area contributed by atoms with Crippen LogP contribution in [0.5, 0.6) is 0 Å². The summed E-state index contributed by atoms with van der Waals surface area (Å²) in [6, 6.07) is 0. The van der Waals surface area contributed by atoms with E-state index in [1.807, 2.05) is 5.32 Å². The molecule has 0 aromatic carbocycles. The Balaban J connectivity index is 3.29. The van der Waals surface area contributed by atoms with Crippen LogP contribution in [0, 0.1) is 0 Å². The van der Waals surface area contributed by atoms with Crippen LogP contribution in [0.4, 0.5) is 4.79 Å². The third kappa shape index (κ3) is 4.75. The zero-order chi connectivity index (χ0) is 6.41. The van der Waals surface area contributed by atoms with Gasteiger partial charge in [0.2, 0.25) is 0 Å². The van der Waals surface area contributed by atoms with Crippen LogP contribution < -0.4 is 5.32 Å². The minimum absolute atomic E-state index is 1.07. The second-order valence-corrected chi connectivity index (χ2v) is 1.04. The first-order valence-corrected chi connectivity index (χ1v) is 2.04. The third-order valence-electron chi connectivity index (χ3n) is 0.439. The van der Waals surface area contributed by atoms with E-state index >= 15 is 0 Å². The molecular weight excluding hydrogens is 106 g/mol. The lowest BCUT2D eigenvalue weighted by Gasteiger charge is -1.84. The maximum atomic E-state index is 9.68. The van der Waals surface area contributed by atoms with Crippen LogP contribution in [0.15, 0.2) is 24.9 Å². The van der Waals surface area contributed by atoms with Gasteiger partial charge >= 0.3 is 6.09 Å². The van der Waals surface area contributed by atoms with E-state index in [0.29, 0.717) is 0 Å². The highest BCUT2D eigenvalue weighted by atomic mass is 16.4. The van der Waals surface area contributed by atoms with Gasteiger partial charge in [-0.05, 0) is 6.08 Å². The molecule has 0 saturated carbocycles. The Labute approximate surface area is 47.3 Å². The summed E-state index contributed by atoms with van der Waals surface area (Å²) in [5.74, 6) is 0. The summed E-state index contributed by atoms with van der Waals surface area (Å²) in [6.07, 6.45) is 3.20. The normalized spacial score (nSPS) is 9.00. The van der Waals surface area contributed by atoms with Gasteiger partial charge < -0.3 is 5.11 Å². The zero-order valence-electron chi connectivity index (χ0n) is 4.29. The number of amides is 1. The van der Waals surface area contributed by atoms with Crippen molar-refractivity contribution in [3.8, 4) is 0 Å². The smallest absolute Gasteiger partial charge is 0.408 e. The molecular formula is C5H7NO2. The van der Waals surface area contributed by atoms with Crippen molar-refractivity contribution in [1.82, 2.24) is 5.32 Å². The molecule has 0 aliphatic carbocycles. The minimum Gasteiger partial charge on any atom is -0.465 e. The van der Waals surface area contributed by atoms with Crippen LogP contribution in [-0.4, -0.2) is 11.2 Å². The van der Waals surface area contributed by atoms with E-state index in [9.17, 15) is 4.79 Å². The number of allylic oxidation sites excluding steroid dienone is 2. The number of nitrogens with one attached hydrogen (secondary N) is 1. The monoisotopic (exact) mass is 113 g/mol. The molecule has 0 saturated heterocycles. The van der Waals surface area contributed by atoms with Crippen LogP contribution in [-0.2, 0) is 0 Å². The molecule has 0 aliphatic heterocycles. The lowest BCUT2D eigenvalue weighted by molar-refractivity contribution is 0.198. The average Bonchev–Trinajstić information content (AvgIpc) is 1.66. The molecule has 2 N–H and O–H groups in total. The Morgan fingerprint density at radius 2 is 2.38 bits per heavy atom. The molecule has 0 rings (SSSR count). The van der Waals surface area contributed by atoms with Gasteiger partial charge in [0.05, 0.1) is 0 Å². The molecule has 0 aliphatic rings. The molecule has 0 spiro atoms. The Hall–Kier alpha value is -1.25. The summed E-state index contributed by atoms with van der Waals surface area (Å²) in [5, 5.41) is 9.95. The van der Waals surface area contributed by atoms with E-state index in [0.717, 1.165) is 0 Å². The number of carbonyl (C=O) groups is 1. The molecule has 3 nitrogen and oxygen atoms in total. The first-order chi connectivity index (χ1) is 3.77. The summed E-state index contributed by atoms with van der Waals surface area (Å²) >= 11 is 0. The van der Waals surface area contributed by atoms with Crippen LogP contribution in [0.1, 0.15) is 0 Å². The molecule has 44 valence electrons. The summed E-state index contributed by atoms with van der Waals surface area (Å²) in [4.78, 5) is 9.68. The van der Waals surface area contributed by atoms with Gasteiger partial charge in [-0.2, -0.15) is 0 Å². The fourth-order valence-electron chi connectivity index (χ4n) is 0.187. The van der Waals surface area contributed by atoms with Crippen molar-refractivity contribution in [2.75, 3.05) is 0 Å². The van der Waals surface area contributed by atoms with Crippen LogP contribution in [0.25, 0.3) is 0 Å². The fraction of sp³-hybridized carbons (Fsp3) is 0. The highest BCUT2D eigenvalue weighted by Gasteiger charge is 1.81. The van der Waals surface area contributed by atoms with Gasteiger partial charge in [0, 0.05) is 6.20 Å². The van der Waals surface area contributed by atoms with Gasteiger partial charge in [0.15, 0.2) is 0 Å². The van der Waals surface area contributed by atoms with Crippen molar-refractivity contribution >= 4 is 6.09 Å². The molecule has 0 bridgehead atoms. The second kappa shape index (κ2) is 3.92. The lowest BCUT2D eigenvalue weighted by Crippen LogP contribution is -2.12. The molecule has 0 heterocycles. The predicted octanol–water partition coefficient (Wildman–Crippen LogP) is 0.954. The van der Waals surface area contributed by atoms with Gasteiger partial charge in [-0.25, -0.2) is 4.79 Å². The zero-order valence-corrected chi connectivity index (χ0v) is 4.29. The Bertz CT molecular complexity index is 118. The maximum absolute atomic E-state index is 9.68. The summed E-state index contributed by atoms with van der Waals surface area (Å²) in [7, 11) is 0. The molecule has 0 unspecified atom stereocenters. The topological polar surface area (TPSA) is 49.3 Å². The predicted molar refractivity (Wildman–Crippen MR) is 30.5 cm³/mol. The third-order valence-corrected chi connectivity index (χ3v) is 0.439. The van der Waals surface area contributed by atoms with E-state index in [4.69, 9.17) is 5.11 Å². The molecule has 0 radical (unpaired) electrons. The van der Waals surface area contributed by atoms with E-state index in [1.165, 1.54) is 18.4 Å². The lowest BCUT2D eigenvalue weighted by atomic mass is 10.6. The fourth-order valence-corrected chi connectivity index (χ4v) is 0.187. The van der Waals surface area contributed by atoms with Crippen molar-refractivity contribution in [3.63, 3.8) is 0 Å². The first-order valence-electron chi connectivity index (χ1n) is 2.04. The Kier molecular flexibility index (Phi) is 3.31. The molecule has 0 atom stereocenters. The van der Waals surface area contributed by atoms with Crippen molar-refractivity contribution < 1.29 is 9.90 Å². The standard InChI is InChI=1S/C5H7NO2/c1-2-3-4-6-5(7)8/h2-4,6H,1H2,(H,7,8)/b4-3+. The SMILES string of the molecule is C=C/C=C/NC(=O)O. The largest absolute Gasteiger partial charge is 0.465 e. The van der Waals surface area contributed by atoms with Gasteiger partial charge in [-0.3, -0.25) is 5.32 Å². The minimum atomic E-state index is -1.07. The molecule has 3 heteroatoms. The van der Waals surface area contributed by atoms with Gasteiger partial charge in [0.25, 0.3) is 0 Å². The molecule has 0 fully saturated rings. The van der Waals surface area contributed by atoms with Crippen molar-refractivity contribution in [2.24, 2.45) is 0 Å². The highest BCUT2D eigenvalue weighted by Crippen LogP contribution is 1.66. The van der Waals surface area contributed by atoms with E-state index < -0.39 is 6.09 Å². The highest BCUT2D eigenvalue weighted by molar-refractivity contribution is 5.65. The second-order valence-electron chi connectivity index (χ2n) is 1.04. The molecule has 8 heavy (non-hydrogen) atoms. The van der Waals surface area contributed by atoms with Crippen LogP contribution >= 0.6 is 0 Å². The van der Waals surface area contributed by atoms with E-state index in [-0.39, 0.29) is 0 Å². The van der Waals surface area contributed by atoms with Crippen molar-refractivity contribution in [2.45, 2.75) is 0 Å². The quantitative estimate of drug-likeness (QED) is 0.524. The van der Waals surface area contributed by atoms with Crippen LogP contribution in [0.2, 0.25) is 0 Å². The number of carboxylic acid groups (broad SMARTS) is 1. The van der Waals surface area contributed by atoms with Gasteiger partial charge in [-0.15, -0.1) is 0 Å². The first kappa shape index (κ1) is 6.75. The number of hydrogen-bond acceptors (Lipinski definition) is 1. The average molecular weight is 113 g/mol. The Morgan fingerprint density at radius 1 is 1.75 bits per heavy atom. The van der Waals surface area contributed by atoms with Crippen molar-refractivity contribution in [1.29, 1.82) is 0 Å². The summed E-state index contributed by atoms with van der Waals surface area (Å²) in [5.41, 5.74) is 0. The molecule has 0 aromatic heterocycles. The van der Waals surface area contributed by atoms with Crippen molar-refractivity contribution in [3.05, 3.63) is 24.9 Å². The maximum Gasteiger partial charge on any atom is 0.408 e. The van der Waals surface area contributed by atoms with E-state index in [2.05, 4.69) is 6.58 Å². The summed E-state index contributed by atoms with van der Waals surface area (Å²) in [6.45, 7) is 3.34. The van der Waals surface area contributed by atoms with Crippen LogP contribution in [0.3, 0.4) is 0 Å². The Morgan fingerprint density at radius 3 is 2.75 bits per heavy atom. The summed E-state index contributed by atoms with van der Waals surface area (Å²) < 4.78 is 0. The van der Waals surface area contributed by atoms with E-state index in [1.54, 1.807) is 0 Å².